The molecule has 5 aromatic carbocycles. The first-order chi connectivity index (χ1) is 27.2. The van der Waals surface area contributed by atoms with Crippen LogP contribution in [0, 0.1) is 19.8 Å². The number of benzene rings is 5. The van der Waals surface area contributed by atoms with Crippen LogP contribution < -0.4 is 0 Å². The predicted octanol–water partition coefficient (Wildman–Crippen LogP) is 17.7. The van der Waals surface area contributed by atoms with Gasteiger partial charge < -0.3 is 0 Å². The quantitative estimate of drug-likeness (QED) is 0.0518. The maximum absolute atomic E-state index is 2.66. The Morgan fingerprint density at radius 2 is 1.11 bits per heavy atom. The predicted molar refractivity (Wildman–Crippen MR) is 249 cm³/mol. The minimum absolute atomic E-state index is 0.0108. The smallest absolute Gasteiger partial charge is 0.00509 e. The molecule has 0 N–H and O–H groups in total. The number of hydrogen-bond donors (Lipinski definition) is 0. The summed E-state index contributed by atoms with van der Waals surface area (Å²) in [7, 11) is 0. The summed E-state index contributed by atoms with van der Waals surface area (Å²) < 4.78 is 0. The van der Waals surface area contributed by atoms with E-state index in [0.717, 1.165) is 5.92 Å². The SMILES string of the molecule is CCCCCCCCC1(CCCCCCCC)c2cc(C)ccc2-c2ccc(-c3c4ccccc4c(C)c4cc(CC(CC)CCCC)ccc34)cc2C1(C)C. The summed E-state index contributed by atoms with van der Waals surface area (Å²) in [5, 5.41) is 5.61. The van der Waals surface area contributed by atoms with Gasteiger partial charge in [0.2, 0.25) is 0 Å². The van der Waals surface area contributed by atoms with Gasteiger partial charge in [0, 0.05) is 5.41 Å². The number of hydrogen-bond acceptors (Lipinski definition) is 0. The Morgan fingerprint density at radius 1 is 0.518 bits per heavy atom. The molecule has 0 heterocycles. The van der Waals surface area contributed by atoms with Gasteiger partial charge in [-0.25, -0.2) is 0 Å². The molecule has 1 atom stereocenters. The number of aryl methyl sites for hydroxylation is 2. The van der Waals surface area contributed by atoms with E-state index in [1.165, 1.54) is 182 Å². The first-order valence-electron chi connectivity index (χ1n) is 23.4. The maximum atomic E-state index is 2.66. The fraction of sp³-hybridized carbons (Fsp3) is 0.536. The third-order valence-corrected chi connectivity index (χ3v) is 14.5. The van der Waals surface area contributed by atoms with Crippen LogP contribution in [0.5, 0.6) is 0 Å². The molecule has 1 unspecified atom stereocenters. The second-order valence-corrected chi connectivity index (χ2v) is 18.6. The molecule has 0 saturated heterocycles. The summed E-state index contributed by atoms with van der Waals surface area (Å²) in [6.45, 7) is 19.3. The lowest BCUT2D eigenvalue weighted by atomic mass is 9.50. The molecule has 0 saturated carbocycles. The molecule has 0 spiro atoms. The highest BCUT2D eigenvalue weighted by Gasteiger charge is 2.51. The standard InChI is InChI=1S/C56H76/c1-9-13-16-18-20-24-35-56(36-25-21-19-17-14-10-2)53-37-41(5)29-32-48(53)47-34-31-45(40-52(47)55(56,7)8)54-49-28-23-22-27-46(49)42(6)51-39-44(30-33-50(51)54)38-43(12-4)26-15-11-3/h22-23,27-34,37,39-40,43H,9-21,24-26,35-36,38H2,1-8H3. The van der Waals surface area contributed by atoms with Crippen molar-refractivity contribution in [3.8, 4) is 22.3 Å². The molecule has 0 nitrogen and oxygen atoms in total. The molecule has 6 rings (SSSR count). The first kappa shape index (κ1) is 42.2. The Labute approximate surface area is 343 Å². The Bertz CT molecular complexity index is 2020. The fourth-order valence-electron chi connectivity index (χ4n) is 10.9. The summed E-state index contributed by atoms with van der Waals surface area (Å²) in [5.74, 6) is 0.759. The zero-order valence-corrected chi connectivity index (χ0v) is 37.0. The minimum atomic E-state index is -0.0108. The van der Waals surface area contributed by atoms with Crippen molar-refractivity contribution in [2.75, 3.05) is 0 Å². The molecule has 0 amide bonds. The van der Waals surface area contributed by atoms with Crippen LogP contribution in [0.25, 0.3) is 43.8 Å². The molecule has 56 heavy (non-hydrogen) atoms. The van der Waals surface area contributed by atoms with Crippen LogP contribution in [0.3, 0.4) is 0 Å². The van der Waals surface area contributed by atoms with E-state index in [2.05, 4.69) is 134 Å². The van der Waals surface area contributed by atoms with Crippen LogP contribution in [0.15, 0.2) is 78.9 Å². The van der Waals surface area contributed by atoms with Crippen molar-refractivity contribution in [2.45, 2.75) is 188 Å². The highest BCUT2D eigenvalue weighted by molar-refractivity contribution is 6.15. The maximum Gasteiger partial charge on any atom is 0.00509 e. The highest BCUT2D eigenvalue weighted by atomic mass is 14.5. The van der Waals surface area contributed by atoms with Crippen molar-refractivity contribution in [3.63, 3.8) is 0 Å². The van der Waals surface area contributed by atoms with Crippen molar-refractivity contribution in [3.05, 3.63) is 107 Å². The van der Waals surface area contributed by atoms with Gasteiger partial charge in [-0.05, 0) is 117 Å². The Balaban J connectivity index is 1.49. The topological polar surface area (TPSA) is 0 Å². The van der Waals surface area contributed by atoms with Crippen molar-refractivity contribution in [1.29, 1.82) is 0 Å². The summed E-state index contributed by atoms with van der Waals surface area (Å²) in [4.78, 5) is 0. The number of unbranched alkanes of at least 4 members (excludes halogenated alkanes) is 11. The van der Waals surface area contributed by atoms with Gasteiger partial charge in [0.25, 0.3) is 0 Å². The molecule has 0 radical (unpaired) electrons. The van der Waals surface area contributed by atoms with Crippen molar-refractivity contribution < 1.29 is 0 Å². The molecule has 0 bridgehead atoms. The van der Waals surface area contributed by atoms with E-state index in [0.29, 0.717) is 0 Å². The van der Waals surface area contributed by atoms with E-state index in [4.69, 9.17) is 0 Å². The third kappa shape index (κ3) is 8.71. The van der Waals surface area contributed by atoms with Gasteiger partial charge in [0.15, 0.2) is 0 Å². The average molecular weight is 749 g/mol. The zero-order valence-electron chi connectivity index (χ0n) is 37.0. The van der Waals surface area contributed by atoms with Gasteiger partial charge in [0.1, 0.15) is 0 Å². The van der Waals surface area contributed by atoms with Gasteiger partial charge in [-0.15, -0.1) is 0 Å². The van der Waals surface area contributed by atoms with Crippen LogP contribution >= 0.6 is 0 Å². The van der Waals surface area contributed by atoms with Crippen LogP contribution in [0.4, 0.5) is 0 Å². The molecule has 0 fully saturated rings. The van der Waals surface area contributed by atoms with Crippen molar-refractivity contribution in [2.24, 2.45) is 5.92 Å². The monoisotopic (exact) mass is 749 g/mol. The summed E-state index contributed by atoms with van der Waals surface area (Å²) >= 11 is 0. The van der Waals surface area contributed by atoms with Crippen LogP contribution in [0.1, 0.15) is 185 Å². The van der Waals surface area contributed by atoms with E-state index in [9.17, 15) is 0 Å². The fourth-order valence-corrected chi connectivity index (χ4v) is 10.9. The largest absolute Gasteiger partial charge is 0.0654 e. The van der Waals surface area contributed by atoms with Gasteiger partial charge in [-0.2, -0.15) is 0 Å². The molecule has 0 aromatic heterocycles. The zero-order chi connectivity index (χ0) is 39.7. The van der Waals surface area contributed by atoms with Crippen LogP contribution in [-0.2, 0) is 17.3 Å². The van der Waals surface area contributed by atoms with E-state index < -0.39 is 0 Å². The Hall–Kier alpha value is -3.38. The summed E-state index contributed by atoms with van der Waals surface area (Å²) in [6.07, 6.45) is 25.1. The summed E-state index contributed by atoms with van der Waals surface area (Å²) in [5.41, 5.74) is 13.3. The van der Waals surface area contributed by atoms with E-state index in [-0.39, 0.29) is 10.8 Å². The third-order valence-electron chi connectivity index (χ3n) is 14.5. The second kappa shape index (κ2) is 19.4. The van der Waals surface area contributed by atoms with Gasteiger partial charge >= 0.3 is 0 Å². The number of rotatable bonds is 21. The molecule has 5 aromatic rings. The van der Waals surface area contributed by atoms with Gasteiger partial charge in [-0.3, -0.25) is 0 Å². The summed E-state index contributed by atoms with van der Waals surface area (Å²) in [6, 6.07) is 31.8. The average Bonchev–Trinajstić information content (AvgIpc) is 3.21. The highest BCUT2D eigenvalue weighted by Crippen LogP contribution is 2.59. The van der Waals surface area contributed by atoms with E-state index in [1.807, 2.05) is 0 Å². The van der Waals surface area contributed by atoms with E-state index in [1.54, 1.807) is 11.1 Å². The molecule has 1 aliphatic rings. The molecule has 0 heteroatoms. The van der Waals surface area contributed by atoms with Crippen molar-refractivity contribution >= 4 is 21.5 Å². The lowest BCUT2D eigenvalue weighted by molar-refractivity contribution is 0.199. The molecular formula is C56H76. The molecule has 300 valence electrons. The second-order valence-electron chi connectivity index (χ2n) is 18.6. The Kier molecular flexibility index (Phi) is 14.6. The Morgan fingerprint density at radius 3 is 1.77 bits per heavy atom. The van der Waals surface area contributed by atoms with Gasteiger partial charge in [0.05, 0.1) is 0 Å². The van der Waals surface area contributed by atoms with Crippen LogP contribution in [0.2, 0.25) is 0 Å². The first-order valence-corrected chi connectivity index (χ1v) is 23.4. The van der Waals surface area contributed by atoms with Gasteiger partial charge in [-0.1, -0.05) is 223 Å². The number of fused-ring (bicyclic) bond motifs is 5. The lowest BCUT2D eigenvalue weighted by Crippen LogP contribution is -2.48. The lowest BCUT2D eigenvalue weighted by Gasteiger charge is -2.53. The normalized spacial score (nSPS) is 14.9. The van der Waals surface area contributed by atoms with E-state index >= 15 is 0 Å². The minimum Gasteiger partial charge on any atom is -0.0654 e. The molecule has 0 aliphatic heterocycles. The molecular weight excluding hydrogens is 673 g/mol. The van der Waals surface area contributed by atoms with Crippen molar-refractivity contribution in [1.82, 2.24) is 0 Å². The molecule has 1 aliphatic carbocycles. The van der Waals surface area contributed by atoms with Crippen LogP contribution in [-0.4, -0.2) is 0 Å².